The lowest BCUT2D eigenvalue weighted by atomic mass is 10.1. The maximum absolute atomic E-state index is 13.0. The van der Waals surface area contributed by atoms with Gasteiger partial charge in [0.1, 0.15) is 5.69 Å². The smallest absolute Gasteiger partial charge is 0.270 e. The van der Waals surface area contributed by atoms with Crippen molar-refractivity contribution in [3.63, 3.8) is 0 Å². The number of fused-ring (bicyclic) bond motifs is 1. The zero-order chi connectivity index (χ0) is 22.3. The third kappa shape index (κ3) is 3.91. The van der Waals surface area contributed by atoms with Crippen molar-refractivity contribution in [1.29, 1.82) is 0 Å². The maximum Gasteiger partial charge on any atom is 0.270 e. The number of rotatable bonds is 4. The second-order valence-electron chi connectivity index (χ2n) is 7.68. The predicted molar refractivity (Wildman–Crippen MR) is 116 cm³/mol. The molecule has 1 aliphatic heterocycles. The van der Waals surface area contributed by atoms with Crippen molar-refractivity contribution in [3.05, 3.63) is 69.4 Å². The van der Waals surface area contributed by atoms with Gasteiger partial charge in [-0.25, -0.2) is 8.42 Å². The number of aromatic amines is 1. The van der Waals surface area contributed by atoms with Crippen LogP contribution < -0.4 is 0 Å². The van der Waals surface area contributed by atoms with Gasteiger partial charge in [0.25, 0.3) is 11.6 Å². The van der Waals surface area contributed by atoms with Crippen molar-refractivity contribution in [2.24, 2.45) is 0 Å². The number of piperazine rings is 1. The van der Waals surface area contributed by atoms with Gasteiger partial charge in [0.15, 0.2) is 0 Å². The Morgan fingerprint density at radius 1 is 1.06 bits per heavy atom. The summed E-state index contributed by atoms with van der Waals surface area (Å²) in [5, 5.41) is 12.0. The van der Waals surface area contributed by atoms with Gasteiger partial charge in [-0.15, -0.1) is 0 Å². The molecule has 1 amide bonds. The highest BCUT2D eigenvalue weighted by molar-refractivity contribution is 7.89. The molecule has 0 spiro atoms. The summed E-state index contributed by atoms with van der Waals surface area (Å²) in [5.41, 5.74) is 3.27. The number of benzene rings is 2. The Morgan fingerprint density at radius 2 is 1.77 bits per heavy atom. The number of nitro benzene ring substituents is 1. The second kappa shape index (κ2) is 7.78. The Hall–Kier alpha value is -3.24. The summed E-state index contributed by atoms with van der Waals surface area (Å²) >= 11 is 0. The summed E-state index contributed by atoms with van der Waals surface area (Å²) in [6.07, 6.45) is 0. The first-order valence-corrected chi connectivity index (χ1v) is 11.2. The lowest BCUT2D eigenvalue weighted by Crippen LogP contribution is -2.50. The maximum atomic E-state index is 13.0. The van der Waals surface area contributed by atoms with Gasteiger partial charge in [-0.1, -0.05) is 12.1 Å². The Bertz CT molecular complexity index is 1290. The zero-order valence-electron chi connectivity index (χ0n) is 17.2. The number of nitrogens with zero attached hydrogens (tertiary/aromatic N) is 3. The van der Waals surface area contributed by atoms with Crippen molar-refractivity contribution in [2.75, 3.05) is 26.2 Å². The van der Waals surface area contributed by atoms with Gasteiger partial charge < -0.3 is 9.88 Å². The average Bonchev–Trinajstić information content (AvgIpc) is 3.18. The molecule has 1 fully saturated rings. The van der Waals surface area contributed by atoms with Crippen molar-refractivity contribution < 1.29 is 18.1 Å². The second-order valence-corrected chi connectivity index (χ2v) is 9.61. The molecule has 0 saturated carbocycles. The minimum Gasteiger partial charge on any atom is -0.351 e. The molecule has 9 nitrogen and oxygen atoms in total. The van der Waals surface area contributed by atoms with Crippen LogP contribution in [0.25, 0.3) is 10.9 Å². The molecular formula is C21H22N4O5S. The molecule has 1 aliphatic rings. The van der Waals surface area contributed by atoms with E-state index >= 15 is 0 Å². The van der Waals surface area contributed by atoms with Crippen LogP contribution >= 0.6 is 0 Å². The van der Waals surface area contributed by atoms with Gasteiger partial charge in [0.2, 0.25) is 10.0 Å². The van der Waals surface area contributed by atoms with E-state index in [4.69, 9.17) is 0 Å². The van der Waals surface area contributed by atoms with Crippen LogP contribution in [0.5, 0.6) is 0 Å². The molecule has 0 aliphatic carbocycles. The molecule has 3 aromatic rings. The fourth-order valence-electron chi connectivity index (χ4n) is 3.92. The van der Waals surface area contributed by atoms with Gasteiger partial charge in [0, 0.05) is 49.2 Å². The summed E-state index contributed by atoms with van der Waals surface area (Å²) < 4.78 is 27.0. The molecule has 31 heavy (non-hydrogen) atoms. The number of nitrogens with one attached hydrogen (secondary N) is 1. The third-order valence-electron chi connectivity index (χ3n) is 5.51. The molecule has 4 rings (SSSR count). The van der Waals surface area contributed by atoms with Crippen LogP contribution in [0.1, 0.15) is 21.6 Å². The number of hydrogen-bond acceptors (Lipinski definition) is 5. The third-order valence-corrected chi connectivity index (χ3v) is 7.41. The molecule has 10 heteroatoms. The van der Waals surface area contributed by atoms with Gasteiger partial charge in [-0.2, -0.15) is 4.31 Å². The zero-order valence-corrected chi connectivity index (χ0v) is 18.0. The molecular weight excluding hydrogens is 420 g/mol. The number of hydrogen-bond donors (Lipinski definition) is 1. The first-order valence-electron chi connectivity index (χ1n) is 9.80. The van der Waals surface area contributed by atoms with Gasteiger partial charge >= 0.3 is 0 Å². The molecule has 0 bridgehead atoms. The van der Waals surface area contributed by atoms with E-state index in [9.17, 15) is 23.3 Å². The van der Waals surface area contributed by atoms with Crippen LogP contribution in [0.3, 0.4) is 0 Å². The summed E-state index contributed by atoms with van der Waals surface area (Å²) in [6, 6.07) is 10.9. The highest BCUT2D eigenvalue weighted by Crippen LogP contribution is 2.24. The lowest BCUT2D eigenvalue weighted by Gasteiger charge is -2.33. The van der Waals surface area contributed by atoms with Crippen LogP contribution in [0, 0.1) is 24.0 Å². The van der Waals surface area contributed by atoms with E-state index in [-0.39, 0.29) is 42.7 Å². The Morgan fingerprint density at radius 3 is 2.45 bits per heavy atom. The van der Waals surface area contributed by atoms with Gasteiger partial charge in [-0.05, 0) is 43.2 Å². The number of aromatic nitrogens is 1. The highest BCUT2D eigenvalue weighted by Gasteiger charge is 2.31. The molecule has 1 aromatic heterocycles. The lowest BCUT2D eigenvalue weighted by molar-refractivity contribution is -0.385. The quantitative estimate of drug-likeness (QED) is 0.493. The van der Waals surface area contributed by atoms with Crippen LogP contribution in [0.15, 0.2) is 47.4 Å². The van der Waals surface area contributed by atoms with Crippen LogP contribution in [0.4, 0.5) is 5.69 Å². The first-order chi connectivity index (χ1) is 14.7. The summed E-state index contributed by atoms with van der Waals surface area (Å²) in [4.78, 5) is 28.0. The van der Waals surface area contributed by atoms with Gasteiger partial charge in [-0.3, -0.25) is 14.9 Å². The minimum absolute atomic E-state index is 0.120. The van der Waals surface area contributed by atoms with Crippen molar-refractivity contribution in [3.8, 4) is 0 Å². The summed E-state index contributed by atoms with van der Waals surface area (Å²) in [5.74, 6) is -0.180. The van der Waals surface area contributed by atoms with Crippen molar-refractivity contribution in [2.45, 2.75) is 18.7 Å². The topological polar surface area (TPSA) is 117 Å². The number of non-ortho nitro benzene ring substituents is 1. The summed E-state index contributed by atoms with van der Waals surface area (Å²) in [7, 11) is -3.88. The number of carbonyl (C=O) groups is 1. The number of H-pyrrole nitrogens is 1. The SMILES string of the molecule is Cc1cc(C)c2cc(C(=O)N3CCN(S(=O)(=O)c4cccc([N+](=O)[O-])c4)CC3)[nH]c2c1. The number of amides is 1. The molecule has 1 N–H and O–H groups in total. The Labute approximate surface area is 179 Å². The molecule has 0 atom stereocenters. The fraction of sp³-hybridized carbons (Fsp3) is 0.286. The standard InChI is InChI=1S/C21H22N4O5S/c1-14-10-15(2)18-13-20(22-19(18)11-14)21(26)23-6-8-24(9-7-23)31(29,30)17-5-3-4-16(12-17)25(27)28/h3-5,10-13,22H,6-9H2,1-2H3. The monoisotopic (exact) mass is 442 g/mol. The largest absolute Gasteiger partial charge is 0.351 e. The van der Waals surface area contributed by atoms with Gasteiger partial charge in [0.05, 0.1) is 9.82 Å². The molecule has 0 radical (unpaired) electrons. The van der Waals surface area contributed by atoms with E-state index in [1.54, 1.807) is 4.90 Å². The Balaban J connectivity index is 1.49. The minimum atomic E-state index is -3.88. The average molecular weight is 442 g/mol. The molecule has 2 aromatic carbocycles. The summed E-state index contributed by atoms with van der Waals surface area (Å²) in [6.45, 7) is 4.70. The highest BCUT2D eigenvalue weighted by atomic mass is 32.2. The van der Waals surface area contributed by atoms with E-state index in [2.05, 4.69) is 11.1 Å². The van der Waals surface area contributed by atoms with E-state index in [0.29, 0.717) is 5.69 Å². The number of nitro groups is 1. The first kappa shape index (κ1) is 21.0. The molecule has 162 valence electrons. The van der Waals surface area contributed by atoms with E-state index < -0.39 is 14.9 Å². The Kier molecular flexibility index (Phi) is 5.28. The van der Waals surface area contributed by atoms with Crippen LogP contribution in [0.2, 0.25) is 0 Å². The number of carbonyl (C=O) groups excluding carboxylic acids is 1. The van der Waals surface area contributed by atoms with E-state index in [1.807, 2.05) is 26.0 Å². The van der Waals surface area contributed by atoms with Crippen LogP contribution in [-0.2, 0) is 10.0 Å². The predicted octanol–water partition coefficient (Wildman–Crippen LogP) is 2.84. The number of aryl methyl sites for hydroxylation is 2. The van der Waals surface area contributed by atoms with Crippen molar-refractivity contribution >= 4 is 32.5 Å². The van der Waals surface area contributed by atoms with E-state index in [1.165, 1.54) is 22.5 Å². The number of sulfonamides is 1. The molecule has 1 saturated heterocycles. The fourth-order valence-corrected chi connectivity index (χ4v) is 5.39. The van der Waals surface area contributed by atoms with Crippen molar-refractivity contribution in [1.82, 2.24) is 14.2 Å². The van der Waals surface area contributed by atoms with Crippen LogP contribution in [-0.4, -0.2) is 59.6 Å². The normalized spacial score (nSPS) is 15.4. The molecule has 0 unspecified atom stereocenters. The molecule has 2 heterocycles. The van der Waals surface area contributed by atoms with E-state index in [0.717, 1.165) is 28.1 Å².